The maximum absolute atomic E-state index is 13.5. The molecule has 4 rings (SSSR count). The molecule has 0 atom stereocenters. The van der Waals surface area contributed by atoms with Crippen molar-refractivity contribution in [1.82, 2.24) is 4.98 Å². The Morgan fingerprint density at radius 2 is 1.92 bits per heavy atom. The monoisotopic (exact) mass is 358 g/mol. The Morgan fingerprint density at radius 1 is 1.16 bits per heavy atom. The first-order chi connectivity index (χ1) is 11.9. The van der Waals surface area contributed by atoms with Crippen LogP contribution in [0.3, 0.4) is 0 Å². The van der Waals surface area contributed by atoms with Crippen LogP contribution >= 0.6 is 0 Å². The maximum Gasteiger partial charge on any atom is 0.264 e. The molecule has 0 fully saturated rings. The van der Waals surface area contributed by atoms with Crippen LogP contribution in [0.15, 0.2) is 58.0 Å². The van der Waals surface area contributed by atoms with Gasteiger partial charge in [0, 0.05) is 19.0 Å². The van der Waals surface area contributed by atoms with Gasteiger partial charge < -0.3 is 4.42 Å². The number of rotatable bonds is 3. The van der Waals surface area contributed by atoms with Gasteiger partial charge in [0.25, 0.3) is 10.0 Å². The Balaban J connectivity index is 1.69. The first-order valence-electron chi connectivity index (χ1n) is 7.79. The number of nitrogens with zero attached hydrogens (tertiary/aromatic N) is 2. The van der Waals surface area contributed by atoms with Crippen molar-refractivity contribution in [3.05, 3.63) is 66.0 Å². The van der Waals surface area contributed by atoms with E-state index in [0.29, 0.717) is 30.2 Å². The average molecular weight is 358 g/mol. The van der Waals surface area contributed by atoms with Gasteiger partial charge in [-0.15, -0.1) is 0 Å². The van der Waals surface area contributed by atoms with Crippen molar-refractivity contribution in [2.24, 2.45) is 0 Å². The van der Waals surface area contributed by atoms with Crippen LogP contribution in [0.5, 0.6) is 0 Å². The standard InChI is InChI=1S/C18H15FN2O3S/c1-12-20-17(11-24-12)13-3-6-16(7-4-13)25(22,23)21-9-8-14-2-5-15(19)10-18(14)21/h2-7,10-11H,8-9H2,1H3. The SMILES string of the molecule is Cc1nc(-c2ccc(S(=O)(=O)N3CCc4ccc(F)cc43)cc2)co1. The van der Waals surface area contributed by atoms with E-state index in [-0.39, 0.29) is 4.90 Å². The fourth-order valence-electron chi connectivity index (χ4n) is 2.99. The van der Waals surface area contributed by atoms with Gasteiger partial charge in [-0.2, -0.15) is 0 Å². The van der Waals surface area contributed by atoms with E-state index in [1.807, 2.05) is 0 Å². The first kappa shape index (κ1) is 15.8. The molecule has 3 aromatic rings. The Bertz CT molecular complexity index is 1040. The summed E-state index contributed by atoms with van der Waals surface area (Å²) in [5.74, 6) is 0.0972. The molecule has 1 aliphatic rings. The lowest BCUT2D eigenvalue weighted by Crippen LogP contribution is -2.29. The van der Waals surface area contributed by atoms with E-state index in [2.05, 4.69) is 4.98 Å². The number of sulfonamides is 1. The molecule has 128 valence electrons. The predicted molar refractivity (Wildman–Crippen MR) is 91.3 cm³/mol. The number of aryl methyl sites for hydroxylation is 1. The zero-order chi connectivity index (χ0) is 17.6. The van der Waals surface area contributed by atoms with Crippen LogP contribution in [-0.4, -0.2) is 19.9 Å². The molecule has 7 heteroatoms. The van der Waals surface area contributed by atoms with Gasteiger partial charge in [0.15, 0.2) is 5.89 Å². The van der Waals surface area contributed by atoms with Gasteiger partial charge in [-0.1, -0.05) is 18.2 Å². The van der Waals surface area contributed by atoms with Crippen molar-refractivity contribution in [3.63, 3.8) is 0 Å². The summed E-state index contributed by atoms with van der Waals surface area (Å²) in [7, 11) is -3.74. The molecule has 0 saturated heterocycles. The lowest BCUT2D eigenvalue weighted by molar-refractivity contribution is 0.521. The number of hydrogen-bond donors (Lipinski definition) is 0. The summed E-state index contributed by atoms with van der Waals surface area (Å²) < 4.78 is 45.8. The highest BCUT2D eigenvalue weighted by atomic mass is 32.2. The minimum atomic E-state index is -3.74. The van der Waals surface area contributed by atoms with Crippen molar-refractivity contribution in [3.8, 4) is 11.3 Å². The number of fused-ring (bicyclic) bond motifs is 1. The van der Waals surface area contributed by atoms with E-state index >= 15 is 0 Å². The third-order valence-corrected chi connectivity index (χ3v) is 6.08. The van der Waals surface area contributed by atoms with E-state index in [9.17, 15) is 12.8 Å². The zero-order valence-corrected chi connectivity index (χ0v) is 14.3. The number of benzene rings is 2. The summed E-state index contributed by atoms with van der Waals surface area (Å²) in [5, 5.41) is 0. The van der Waals surface area contributed by atoms with Crippen LogP contribution in [0.1, 0.15) is 11.5 Å². The summed E-state index contributed by atoms with van der Waals surface area (Å²) >= 11 is 0. The minimum Gasteiger partial charge on any atom is -0.449 e. The summed E-state index contributed by atoms with van der Waals surface area (Å²) in [6, 6.07) is 10.7. The molecule has 25 heavy (non-hydrogen) atoms. The molecule has 0 unspecified atom stereocenters. The van der Waals surface area contributed by atoms with Crippen LogP contribution < -0.4 is 4.31 Å². The molecule has 1 aliphatic heterocycles. The summed E-state index contributed by atoms with van der Waals surface area (Å²) in [6.07, 6.45) is 2.10. The highest BCUT2D eigenvalue weighted by molar-refractivity contribution is 7.92. The summed E-state index contributed by atoms with van der Waals surface area (Å²) in [4.78, 5) is 4.38. The second-order valence-electron chi connectivity index (χ2n) is 5.88. The molecule has 1 aromatic heterocycles. The number of aromatic nitrogens is 1. The van der Waals surface area contributed by atoms with Gasteiger partial charge in [-0.05, 0) is 36.2 Å². The molecule has 0 spiro atoms. The molecule has 5 nitrogen and oxygen atoms in total. The second kappa shape index (κ2) is 5.70. The van der Waals surface area contributed by atoms with Gasteiger partial charge in [-0.25, -0.2) is 17.8 Å². The zero-order valence-electron chi connectivity index (χ0n) is 13.4. The van der Waals surface area contributed by atoms with Crippen LogP contribution in [0.4, 0.5) is 10.1 Å². The van der Waals surface area contributed by atoms with Crippen LogP contribution in [-0.2, 0) is 16.4 Å². The molecular weight excluding hydrogens is 343 g/mol. The van der Waals surface area contributed by atoms with Crippen molar-refractivity contribution in [2.75, 3.05) is 10.8 Å². The van der Waals surface area contributed by atoms with Crippen LogP contribution in [0.2, 0.25) is 0 Å². The normalized spacial score (nSPS) is 13.9. The van der Waals surface area contributed by atoms with Gasteiger partial charge in [-0.3, -0.25) is 4.31 Å². The minimum absolute atomic E-state index is 0.161. The molecule has 0 N–H and O–H groups in total. The fraction of sp³-hybridized carbons (Fsp3) is 0.167. The van der Waals surface area contributed by atoms with E-state index in [1.54, 1.807) is 25.1 Å². The second-order valence-corrected chi connectivity index (χ2v) is 7.74. The fourth-order valence-corrected chi connectivity index (χ4v) is 4.49. The van der Waals surface area contributed by atoms with Gasteiger partial charge in [0.1, 0.15) is 17.8 Å². The third kappa shape index (κ3) is 2.70. The molecule has 0 amide bonds. The molecule has 0 saturated carbocycles. The lowest BCUT2D eigenvalue weighted by atomic mass is 10.2. The Hall–Kier alpha value is -2.67. The maximum atomic E-state index is 13.5. The quantitative estimate of drug-likeness (QED) is 0.718. The largest absolute Gasteiger partial charge is 0.449 e. The smallest absolute Gasteiger partial charge is 0.264 e. The van der Waals surface area contributed by atoms with Crippen molar-refractivity contribution < 1.29 is 17.2 Å². The number of anilines is 1. The molecule has 0 aliphatic carbocycles. The van der Waals surface area contributed by atoms with Gasteiger partial charge in [0.2, 0.25) is 0 Å². The van der Waals surface area contributed by atoms with E-state index in [4.69, 9.17) is 4.42 Å². The predicted octanol–water partition coefficient (Wildman–Crippen LogP) is 3.54. The molecule has 2 aromatic carbocycles. The Kier molecular flexibility index (Phi) is 3.61. The van der Waals surface area contributed by atoms with Crippen LogP contribution in [0, 0.1) is 12.7 Å². The van der Waals surface area contributed by atoms with E-state index < -0.39 is 15.8 Å². The molecule has 0 radical (unpaired) electrons. The highest BCUT2D eigenvalue weighted by Gasteiger charge is 2.31. The third-order valence-electron chi connectivity index (χ3n) is 4.26. The van der Waals surface area contributed by atoms with Gasteiger partial charge in [0.05, 0.1) is 10.6 Å². The molecule has 0 bridgehead atoms. The van der Waals surface area contributed by atoms with E-state index in [1.165, 1.54) is 34.8 Å². The Morgan fingerprint density at radius 3 is 2.60 bits per heavy atom. The average Bonchev–Trinajstić information content (AvgIpc) is 3.21. The molecule has 2 heterocycles. The summed E-state index contributed by atoms with van der Waals surface area (Å²) in [6.45, 7) is 2.05. The van der Waals surface area contributed by atoms with Crippen molar-refractivity contribution in [2.45, 2.75) is 18.2 Å². The topological polar surface area (TPSA) is 63.4 Å². The number of hydrogen-bond acceptors (Lipinski definition) is 4. The lowest BCUT2D eigenvalue weighted by Gasteiger charge is -2.19. The highest BCUT2D eigenvalue weighted by Crippen LogP contribution is 2.34. The summed E-state index contributed by atoms with van der Waals surface area (Å²) in [5.41, 5.74) is 2.66. The van der Waals surface area contributed by atoms with Crippen molar-refractivity contribution >= 4 is 15.7 Å². The van der Waals surface area contributed by atoms with Crippen molar-refractivity contribution in [1.29, 1.82) is 0 Å². The molecular formula is C18H15FN2O3S. The number of halogens is 1. The van der Waals surface area contributed by atoms with Gasteiger partial charge >= 0.3 is 0 Å². The Labute approximate surface area is 144 Å². The van der Waals surface area contributed by atoms with Crippen LogP contribution in [0.25, 0.3) is 11.3 Å². The number of oxazole rings is 1. The first-order valence-corrected chi connectivity index (χ1v) is 9.23. The van der Waals surface area contributed by atoms with E-state index in [0.717, 1.165) is 11.1 Å².